The maximum atomic E-state index is 12.9. The van der Waals surface area contributed by atoms with Gasteiger partial charge in [0.25, 0.3) is 5.91 Å². The van der Waals surface area contributed by atoms with Gasteiger partial charge in [-0.25, -0.2) is 0 Å². The number of methoxy groups -OCH3 is 1. The fourth-order valence-corrected chi connectivity index (χ4v) is 2.91. The van der Waals surface area contributed by atoms with Crippen LogP contribution < -0.4 is 4.74 Å². The number of aromatic nitrogens is 2. The molecule has 0 radical (unpaired) electrons. The third-order valence-corrected chi connectivity index (χ3v) is 4.42. The predicted molar refractivity (Wildman–Crippen MR) is 88.0 cm³/mol. The van der Waals surface area contributed by atoms with Gasteiger partial charge in [-0.1, -0.05) is 11.2 Å². The number of ether oxygens (including phenoxy) is 1. The van der Waals surface area contributed by atoms with Crippen LogP contribution in [0.4, 0.5) is 0 Å². The highest BCUT2D eigenvalue weighted by atomic mass is 16.5. The van der Waals surface area contributed by atoms with E-state index in [-0.39, 0.29) is 11.9 Å². The third kappa shape index (κ3) is 3.12. The van der Waals surface area contributed by atoms with Gasteiger partial charge < -0.3 is 14.2 Å². The van der Waals surface area contributed by atoms with Crippen molar-refractivity contribution in [2.45, 2.75) is 19.9 Å². The first-order chi connectivity index (χ1) is 11.5. The Kier molecular flexibility index (Phi) is 4.53. The quantitative estimate of drug-likeness (QED) is 0.855. The van der Waals surface area contributed by atoms with Gasteiger partial charge in [0.2, 0.25) is 5.89 Å². The van der Waals surface area contributed by atoms with Crippen LogP contribution in [-0.4, -0.2) is 59.6 Å². The SMILES string of the molecule is COc1cc(C(=O)N2CCN(C)[C@H](c3nc(C)no3)C2)ccc1C. The summed E-state index contributed by atoms with van der Waals surface area (Å²) in [6, 6.07) is 5.45. The lowest BCUT2D eigenvalue weighted by Gasteiger charge is -2.37. The topological polar surface area (TPSA) is 71.7 Å². The van der Waals surface area contributed by atoms with Crippen molar-refractivity contribution in [3.05, 3.63) is 41.0 Å². The molecule has 1 saturated heterocycles. The van der Waals surface area contributed by atoms with Crippen LogP contribution in [0.1, 0.15) is 33.7 Å². The molecule has 0 saturated carbocycles. The number of carbonyl (C=O) groups is 1. The smallest absolute Gasteiger partial charge is 0.254 e. The van der Waals surface area contributed by atoms with Crippen molar-refractivity contribution in [3.8, 4) is 5.75 Å². The van der Waals surface area contributed by atoms with Crippen LogP contribution in [0.5, 0.6) is 5.75 Å². The van der Waals surface area contributed by atoms with E-state index < -0.39 is 0 Å². The summed E-state index contributed by atoms with van der Waals surface area (Å²) in [5, 5.41) is 3.85. The molecule has 1 atom stereocenters. The first kappa shape index (κ1) is 16.4. The number of rotatable bonds is 3. The Morgan fingerprint density at radius 2 is 2.12 bits per heavy atom. The second-order valence-electron chi connectivity index (χ2n) is 6.11. The zero-order valence-electron chi connectivity index (χ0n) is 14.4. The Bertz CT molecular complexity index is 743. The summed E-state index contributed by atoms with van der Waals surface area (Å²) >= 11 is 0. The van der Waals surface area contributed by atoms with Gasteiger partial charge in [-0.3, -0.25) is 9.69 Å². The van der Waals surface area contributed by atoms with Crippen LogP contribution in [0.25, 0.3) is 0 Å². The molecule has 0 N–H and O–H groups in total. The number of hydrogen-bond donors (Lipinski definition) is 0. The maximum Gasteiger partial charge on any atom is 0.254 e. The summed E-state index contributed by atoms with van der Waals surface area (Å²) in [7, 11) is 3.61. The predicted octanol–water partition coefficient (Wildman–Crippen LogP) is 1.82. The first-order valence-corrected chi connectivity index (χ1v) is 7.94. The number of nitrogens with zero attached hydrogens (tertiary/aromatic N) is 4. The van der Waals surface area contributed by atoms with E-state index in [1.54, 1.807) is 20.1 Å². The van der Waals surface area contributed by atoms with Gasteiger partial charge in [0, 0.05) is 25.2 Å². The molecule has 0 unspecified atom stereocenters. The molecule has 128 valence electrons. The van der Waals surface area contributed by atoms with E-state index in [1.165, 1.54) is 0 Å². The van der Waals surface area contributed by atoms with E-state index in [0.717, 1.165) is 17.9 Å². The molecule has 24 heavy (non-hydrogen) atoms. The fraction of sp³-hybridized carbons (Fsp3) is 0.471. The number of carbonyl (C=O) groups excluding carboxylic acids is 1. The van der Waals surface area contributed by atoms with Crippen molar-refractivity contribution >= 4 is 5.91 Å². The van der Waals surface area contributed by atoms with Gasteiger partial charge in [-0.2, -0.15) is 4.98 Å². The van der Waals surface area contributed by atoms with Crippen LogP contribution in [-0.2, 0) is 0 Å². The summed E-state index contributed by atoms with van der Waals surface area (Å²) in [5.74, 6) is 1.86. The van der Waals surface area contributed by atoms with Gasteiger partial charge in [0.05, 0.1) is 7.11 Å². The number of aryl methyl sites for hydroxylation is 2. The molecule has 1 amide bonds. The van der Waals surface area contributed by atoms with E-state index in [2.05, 4.69) is 15.0 Å². The molecule has 0 bridgehead atoms. The maximum absolute atomic E-state index is 12.9. The van der Waals surface area contributed by atoms with Crippen LogP contribution in [0, 0.1) is 13.8 Å². The average molecular weight is 330 g/mol. The van der Waals surface area contributed by atoms with Gasteiger partial charge in [-0.15, -0.1) is 0 Å². The first-order valence-electron chi connectivity index (χ1n) is 7.94. The van der Waals surface area contributed by atoms with Crippen molar-refractivity contribution in [1.29, 1.82) is 0 Å². The highest BCUT2D eigenvalue weighted by Gasteiger charge is 2.32. The van der Waals surface area contributed by atoms with Crippen molar-refractivity contribution in [2.75, 3.05) is 33.8 Å². The standard InChI is InChI=1S/C17H22N4O3/c1-11-5-6-13(9-15(11)23-4)17(22)21-8-7-20(3)14(10-21)16-18-12(2)19-24-16/h5-6,9,14H,7-8,10H2,1-4H3/t14-/m0/s1. The van der Waals surface area contributed by atoms with Gasteiger partial charge in [-0.05, 0) is 38.6 Å². The molecule has 1 fully saturated rings. The molecule has 3 rings (SSSR count). The Morgan fingerprint density at radius 1 is 1.33 bits per heavy atom. The van der Waals surface area contributed by atoms with E-state index in [9.17, 15) is 4.79 Å². The van der Waals surface area contributed by atoms with E-state index in [1.807, 2.05) is 31.0 Å². The number of hydrogen-bond acceptors (Lipinski definition) is 6. The molecule has 7 nitrogen and oxygen atoms in total. The molecule has 0 spiro atoms. The average Bonchev–Trinajstić information content (AvgIpc) is 3.01. The molecule has 2 heterocycles. The molecule has 1 aromatic carbocycles. The lowest BCUT2D eigenvalue weighted by molar-refractivity contribution is 0.0488. The number of amides is 1. The normalized spacial score (nSPS) is 18.7. The number of piperazine rings is 1. The summed E-state index contributed by atoms with van der Waals surface area (Å²) in [4.78, 5) is 21.1. The van der Waals surface area contributed by atoms with E-state index >= 15 is 0 Å². The lowest BCUT2D eigenvalue weighted by Crippen LogP contribution is -2.49. The molecule has 1 aromatic heterocycles. The minimum absolute atomic E-state index is 0.0114. The molecule has 0 aliphatic carbocycles. The Labute approximate surface area is 141 Å². The minimum atomic E-state index is -0.0868. The minimum Gasteiger partial charge on any atom is -0.496 e. The van der Waals surface area contributed by atoms with Gasteiger partial charge in [0.1, 0.15) is 11.8 Å². The van der Waals surface area contributed by atoms with E-state index in [4.69, 9.17) is 9.26 Å². The van der Waals surface area contributed by atoms with Crippen molar-refractivity contribution in [3.63, 3.8) is 0 Å². The summed E-state index contributed by atoms with van der Waals surface area (Å²) < 4.78 is 10.6. The largest absolute Gasteiger partial charge is 0.496 e. The van der Waals surface area contributed by atoms with Crippen molar-refractivity contribution < 1.29 is 14.1 Å². The third-order valence-electron chi connectivity index (χ3n) is 4.42. The summed E-state index contributed by atoms with van der Waals surface area (Å²) in [6.45, 7) is 5.68. The zero-order chi connectivity index (χ0) is 17.3. The Hall–Kier alpha value is -2.41. The number of likely N-dealkylation sites (N-methyl/N-ethyl adjacent to an activating group) is 1. The molecule has 1 aliphatic heterocycles. The highest BCUT2D eigenvalue weighted by molar-refractivity contribution is 5.94. The highest BCUT2D eigenvalue weighted by Crippen LogP contribution is 2.25. The van der Waals surface area contributed by atoms with Crippen LogP contribution in [0.3, 0.4) is 0 Å². The summed E-state index contributed by atoms with van der Waals surface area (Å²) in [6.07, 6.45) is 0. The molecule has 1 aliphatic rings. The van der Waals surface area contributed by atoms with Crippen LogP contribution >= 0.6 is 0 Å². The Morgan fingerprint density at radius 3 is 2.79 bits per heavy atom. The second-order valence-corrected chi connectivity index (χ2v) is 6.11. The van der Waals surface area contributed by atoms with Crippen LogP contribution in [0.15, 0.2) is 22.7 Å². The summed E-state index contributed by atoms with van der Waals surface area (Å²) in [5.41, 5.74) is 1.63. The Balaban J connectivity index is 1.80. The number of benzene rings is 1. The second kappa shape index (κ2) is 6.60. The fourth-order valence-electron chi connectivity index (χ4n) is 2.91. The monoisotopic (exact) mass is 330 g/mol. The van der Waals surface area contributed by atoms with Gasteiger partial charge in [0.15, 0.2) is 5.82 Å². The zero-order valence-corrected chi connectivity index (χ0v) is 14.4. The molecule has 2 aromatic rings. The van der Waals surface area contributed by atoms with Crippen LogP contribution in [0.2, 0.25) is 0 Å². The molecular formula is C17H22N4O3. The van der Waals surface area contributed by atoms with Gasteiger partial charge >= 0.3 is 0 Å². The lowest BCUT2D eigenvalue weighted by atomic mass is 10.1. The molecular weight excluding hydrogens is 308 g/mol. The molecule has 7 heteroatoms. The van der Waals surface area contributed by atoms with Crippen molar-refractivity contribution in [1.82, 2.24) is 19.9 Å². The van der Waals surface area contributed by atoms with E-state index in [0.29, 0.717) is 30.4 Å². The van der Waals surface area contributed by atoms with Crippen molar-refractivity contribution in [2.24, 2.45) is 0 Å².